The number of aromatic nitrogens is 1. The first kappa shape index (κ1) is 30.4. The van der Waals surface area contributed by atoms with Crippen LogP contribution in [0.1, 0.15) is 56.4 Å². The summed E-state index contributed by atoms with van der Waals surface area (Å²) in [5.74, 6) is -0.569. The van der Waals surface area contributed by atoms with Gasteiger partial charge in [0.05, 0.1) is 22.7 Å². The second kappa shape index (κ2) is 16.1. The number of hydrogen-bond donors (Lipinski definition) is 3. The predicted octanol–water partition coefficient (Wildman–Crippen LogP) is 5.56. The molecule has 1 aromatic heterocycles. The van der Waals surface area contributed by atoms with Gasteiger partial charge in [0.25, 0.3) is 5.91 Å². The number of pyridine rings is 1. The lowest BCUT2D eigenvalue weighted by atomic mass is 10.1. The topological polar surface area (TPSA) is 92.4 Å². The van der Waals surface area contributed by atoms with E-state index in [2.05, 4.69) is 20.6 Å². The summed E-state index contributed by atoms with van der Waals surface area (Å²) in [6, 6.07) is 1.89. The number of aliphatic imine (C=N–C) groups is 1. The van der Waals surface area contributed by atoms with Gasteiger partial charge in [-0.1, -0.05) is 38.2 Å². The van der Waals surface area contributed by atoms with Gasteiger partial charge in [-0.05, 0) is 64.3 Å². The molecule has 1 rings (SSSR count). The molecule has 6 nitrogen and oxygen atoms in total. The van der Waals surface area contributed by atoms with E-state index < -0.39 is 23.9 Å². The van der Waals surface area contributed by atoms with Gasteiger partial charge in [-0.25, -0.2) is 4.98 Å². The fourth-order valence-electron chi connectivity index (χ4n) is 2.41. The number of carbonyl (C=O) groups excluding carboxylic acids is 1. The van der Waals surface area contributed by atoms with E-state index in [0.717, 1.165) is 12.1 Å². The largest absolute Gasteiger partial charge is 0.433 e. The average molecular weight is 478 g/mol. The summed E-state index contributed by atoms with van der Waals surface area (Å²) in [6.07, 6.45) is 10.0. The van der Waals surface area contributed by atoms with Crippen LogP contribution in [0, 0.1) is 6.92 Å². The highest BCUT2D eigenvalue weighted by molar-refractivity contribution is 5.95. The van der Waals surface area contributed by atoms with E-state index >= 15 is 0 Å². The molecule has 1 unspecified atom stereocenters. The molecule has 0 saturated carbocycles. The number of rotatable bonds is 9. The van der Waals surface area contributed by atoms with E-state index in [-0.39, 0.29) is 11.3 Å². The van der Waals surface area contributed by atoms with E-state index in [0.29, 0.717) is 11.4 Å². The van der Waals surface area contributed by atoms with Gasteiger partial charge in [0.1, 0.15) is 11.9 Å². The molecular weight excluding hydrogens is 443 g/mol. The van der Waals surface area contributed by atoms with Gasteiger partial charge in [-0.2, -0.15) is 13.2 Å². The van der Waals surface area contributed by atoms with Gasteiger partial charge in [0.15, 0.2) is 0 Å². The van der Waals surface area contributed by atoms with Crippen LogP contribution in [0.15, 0.2) is 77.3 Å². The van der Waals surface area contributed by atoms with Crippen LogP contribution in [-0.4, -0.2) is 23.3 Å². The number of nitrogens with one attached hydrogen (secondary N) is 2. The fraction of sp³-hybridized carbons (Fsp3) is 0.320. The van der Waals surface area contributed by atoms with Crippen LogP contribution >= 0.6 is 0 Å². The van der Waals surface area contributed by atoms with E-state index in [9.17, 15) is 18.0 Å². The third-order valence-electron chi connectivity index (χ3n) is 3.99. The molecule has 1 amide bonds. The molecule has 0 aliphatic carbocycles. The number of nitrogens with two attached hydrogens (primary N) is 1. The summed E-state index contributed by atoms with van der Waals surface area (Å²) < 4.78 is 38.4. The van der Waals surface area contributed by atoms with Crippen molar-refractivity contribution in [2.45, 2.75) is 53.9 Å². The molecule has 9 heteroatoms. The van der Waals surface area contributed by atoms with Crippen molar-refractivity contribution in [3.63, 3.8) is 0 Å². The Morgan fingerprint density at radius 2 is 1.82 bits per heavy atom. The third-order valence-corrected chi connectivity index (χ3v) is 3.99. The van der Waals surface area contributed by atoms with Crippen LogP contribution in [-0.2, 0) is 6.18 Å². The van der Waals surface area contributed by atoms with Gasteiger partial charge in [-0.15, -0.1) is 0 Å². The van der Waals surface area contributed by atoms with Crippen LogP contribution in [0.25, 0.3) is 0 Å². The summed E-state index contributed by atoms with van der Waals surface area (Å²) in [4.78, 5) is 20.3. The van der Waals surface area contributed by atoms with Crippen molar-refractivity contribution in [2.24, 2.45) is 10.7 Å². The number of alkyl halides is 3. The summed E-state index contributed by atoms with van der Waals surface area (Å²) in [5.41, 5.74) is 6.01. The van der Waals surface area contributed by atoms with E-state index in [1.807, 2.05) is 33.8 Å². The normalized spacial score (nSPS) is 14.0. The van der Waals surface area contributed by atoms with E-state index in [4.69, 9.17) is 5.73 Å². The number of hydrogen-bond acceptors (Lipinski definition) is 5. The highest BCUT2D eigenvalue weighted by atomic mass is 19.4. The first-order chi connectivity index (χ1) is 16.1. The summed E-state index contributed by atoms with van der Waals surface area (Å²) >= 11 is 0. The number of aryl methyl sites for hydroxylation is 1. The second-order valence-corrected chi connectivity index (χ2v) is 6.43. The van der Waals surface area contributed by atoms with Gasteiger partial charge < -0.3 is 16.4 Å². The molecule has 0 aromatic carbocycles. The van der Waals surface area contributed by atoms with Crippen LogP contribution < -0.4 is 16.4 Å². The maximum atomic E-state index is 12.8. The standard InChI is InChI=1S/C23H28F3N5O.C2H6/c1-5-8-10-18(27)19(7-3)28-15-9-11-21(29-14-6-2)31-22(32)17-12-13-20(23(24,25)26)30-16(17)4;1-2/h5-15,21,29H,27H2,1-4H3,(H,31,32);1-2H3/b8-5-,11-9+,14-6-,18-10+,19-7+,28-15+;. The lowest BCUT2D eigenvalue weighted by Crippen LogP contribution is -2.42. The Balaban J connectivity index is 0.00000529. The van der Waals surface area contributed by atoms with Gasteiger partial charge in [-0.3, -0.25) is 9.79 Å². The minimum Gasteiger partial charge on any atom is -0.397 e. The highest BCUT2D eigenvalue weighted by Crippen LogP contribution is 2.28. The maximum Gasteiger partial charge on any atom is 0.433 e. The Morgan fingerprint density at radius 1 is 1.15 bits per heavy atom. The fourth-order valence-corrected chi connectivity index (χ4v) is 2.41. The SMILES string of the molecule is CC.C\C=C/C=C(N)\C(=C/C)\N=C\C=C\C(N/C=C\C)NC(=O)c1ccc(C(F)(F)F)nc1C. The van der Waals surface area contributed by atoms with Crippen molar-refractivity contribution < 1.29 is 18.0 Å². The molecule has 0 saturated heterocycles. The molecule has 34 heavy (non-hydrogen) atoms. The minimum atomic E-state index is -4.57. The smallest absolute Gasteiger partial charge is 0.397 e. The van der Waals surface area contributed by atoms with Crippen molar-refractivity contribution in [1.82, 2.24) is 15.6 Å². The Labute approximate surface area is 200 Å². The molecule has 0 fully saturated rings. The molecular formula is C25H34F3N5O. The lowest BCUT2D eigenvalue weighted by Gasteiger charge is -2.16. The third kappa shape index (κ3) is 10.8. The summed E-state index contributed by atoms with van der Waals surface area (Å²) in [6.45, 7) is 10.8. The van der Waals surface area contributed by atoms with Crippen molar-refractivity contribution in [3.8, 4) is 0 Å². The Bertz CT molecular complexity index is 958. The number of allylic oxidation sites excluding steroid dienone is 6. The molecule has 0 aliphatic rings. The van der Waals surface area contributed by atoms with Crippen molar-refractivity contribution >= 4 is 12.1 Å². The molecule has 0 spiro atoms. The number of amides is 1. The average Bonchev–Trinajstić information content (AvgIpc) is 2.81. The maximum absolute atomic E-state index is 12.8. The zero-order chi connectivity index (χ0) is 26.1. The van der Waals surface area contributed by atoms with Crippen LogP contribution in [0.2, 0.25) is 0 Å². The summed E-state index contributed by atoms with van der Waals surface area (Å²) in [7, 11) is 0. The first-order valence-corrected chi connectivity index (χ1v) is 10.8. The monoisotopic (exact) mass is 477 g/mol. The quantitative estimate of drug-likeness (QED) is 0.247. The van der Waals surface area contributed by atoms with Crippen molar-refractivity contribution in [2.75, 3.05) is 0 Å². The first-order valence-electron chi connectivity index (χ1n) is 10.8. The minimum absolute atomic E-state index is 0.0197. The lowest BCUT2D eigenvalue weighted by molar-refractivity contribution is -0.141. The van der Waals surface area contributed by atoms with Gasteiger partial charge in [0.2, 0.25) is 0 Å². The number of carbonyl (C=O) groups is 1. The van der Waals surface area contributed by atoms with Crippen molar-refractivity contribution in [3.05, 3.63) is 89.2 Å². The molecule has 186 valence electrons. The molecule has 1 atom stereocenters. The van der Waals surface area contributed by atoms with Crippen LogP contribution in [0.5, 0.6) is 0 Å². The molecule has 1 heterocycles. The molecule has 0 bridgehead atoms. The van der Waals surface area contributed by atoms with Crippen LogP contribution in [0.3, 0.4) is 0 Å². The Morgan fingerprint density at radius 3 is 2.35 bits per heavy atom. The van der Waals surface area contributed by atoms with Crippen molar-refractivity contribution in [1.29, 1.82) is 0 Å². The number of halogens is 3. The zero-order valence-electron chi connectivity index (χ0n) is 20.4. The predicted molar refractivity (Wildman–Crippen MR) is 133 cm³/mol. The molecule has 0 radical (unpaired) electrons. The van der Waals surface area contributed by atoms with E-state index in [1.54, 1.807) is 49.6 Å². The van der Waals surface area contributed by atoms with E-state index in [1.165, 1.54) is 13.1 Å². The molecule has 0 aliphatic heterocycles. The molecule has 4 N–H and O–H groups in total. The Kier molecular flexibility index (Phi) is 14.4. The number of nitrogens with zero attached hydrogens (tertiary/aromatic N) is 2. The second-order valence-electron chi connectivity index (χ2n) is 6.43. The zero-order valence-corrected chi connectivity index (χ0v) is 20.4. The van der Waals surface area contributed by atoms with Gasteiger partial charge >= 0.3 is 6.18 Å². The van der Waals surface area contributed by atoms with Crippen LogP contribution in [0.4, 0.5) is 13.2 Å². The van der Waals surface area contributed by atoms with Gasteiger partial charge in [0, 0.05) is 6.21 Å². The Hall–Kier alpha value is -3.62. The summed E-state index contributed by atoms with van der Waals surface area (Å²) in [5, 5.41) is 5.65. The molecule has 1 aromatic rings. The highest BCUT2D eigenvalue weighted by Gasteiger charge is 2.33.